The summed E-state index contributed by atoms with van der Waals surface area (Å²) in [6.45, 7) is 5.67. The van der Waals surface area contributed by atoms with Gasteiger partial charge in [0.1, 0.15) is 0 Å². The zero-order chi connectivity index (χ0) is 10.8. The fraction of sp³-hybridized carbons (Fsp3) is 0.727. The summed E-state index contributed by atoms with van der Waals surface area (Å²) in [5.41, 5.74) is 0. The van der Waals surface area contributed by atoms with Crippen molar-refractivity contribution in [3.63, 3.8) is 0 Å². The fourth-order valence-corrected chi connectivity index (χ4v) is 1.19. The van der Waals surface area contributed by atoms with Crippen LogP contribution in [0.25, 0.3) is 0 Å². The Bertz CT molecular complexity index is 169. The average Bonchev–Trinajstić information content (AvgIpc) is 2.21. The predicted molar refractivity (Wildman–Crippen MR) is 58.0 cm³/mol. The van der Waals surface area contributed by atoms with E-state index in [0.717, 1.165) is 19.3 Å². The molecule has 0 aliphatic carbocycles. The van der Waals surface area contributed by atoms with E-state index in [1.165, 1.54) is 0 Å². The van der Waals surface area contributed by atoms with Gasteiger partial charge in [-0.1, -0.05) is 25.8 Å². The molecule has 0 aliphatic rings. The molecule has 0 radical (unpaired) electrons. The van der Waals surface area contributed by atoms with E-state index in [9.17, 15) is 4.79 Å². The maximum atomic E-state index is 11.3. The van der Waals surface area contributed by atoms with Crippen LogP contribution in [0, 0.1) is 0 Å². The second kappa shape index (κ2) is 8.75. The molecule has 1 atom stereocenters. The lowest BCUT2D eigenvalue weighted by molar-refractivity contribution is -0.122. The number of carbonyl (C=O) groups is 1. The van der Waals surface area contributed by atoms with Crippen molar-refractivity contribution in [2.75, 3.05) is 6.61 Å². The van der Waals surface area contributed by atoms with Crippen LogP contribution >= 0.6 is 0 Å². The van der Waals surface area contributed by atoms with Crippen LogP contribution in [0.4, 0.5) is 0 Å². The van der Waals surface area contributed by atoms with Crippen LogP contribution in [0.5, 0.6) is 0 Å². The number of amides is 1. The van der Waals surface area contributed by atoms with Gasteiger partial charge in [-0.05, 0) is 12.8 Å². The number of nitrogens with one attached hydrogen (secondary N) is 1. The van der Waals surface area contributed by atoms with E-state index in [1.807, 2.05) is 0 Å². The molecule has 0 fully saturated rings. The minimum atomic E-state index is -0.0766. The van der Waals surface area contributed by atoms with Crippen molar-refractivity contribution >= 4 is 5.91 Å². The van der Waals surface area contributed by atoms with Crippen molar-refractivity contribution in [1.82, 2.24) is 5.32 Å². The maximum absolute atomic E-state index is 11.3. The van der Waals surface area contributed by atoms with Gasteiger partial charge in [-0.2, -0.15) is 0 Å². The highest BCUT2D eigenvalue weighted by atomic mass is 16.3. The molecule has 14 heavy (non-hydrogen) atoms. The molecule has 1 amide bonds. The first-order valence-corrected chi connectivity index (χ1v) is 5.25. The molecular formula is C11H21NO2. The zero-order valence-electron chi connectivity index (χ0n) is 8.96. The van der Waals surface area contributed by atoms with Crippen LogP contribution in [-0.4, -0.2) is 23.7 Å². The Morgan fingerprint density at radius 2 is 2.36 bits per heavy atom. The third-order valence-corrected chi connectivity index (χ3v) is 2.07. The van der Waals surface area contributed by atoms with Crippen LogP contribution in [0.1, 0.15) is 39.0 Å². The molecule has 3 nitrogen and oxygen atoms in total. The van der Waals surface area contributed by atoms with Gasteiger partial charge < -0.3 is 10.4 Å². The van der Waals surface area contributed by atoms with Gasteiger partial charge >= 0.3 is 0 Å². The Morgan fingerprint density at radius 3 is 2.86 bits per heavy atom. The molecule has 0 aliphatic heterocycles. The number of aliphatic hydroxyl groups is 1. The van der Waals surface area contributed by atoms with Gasteiger partial charge in [-0.15, -0.1) is 6.58 Å². The highest BCUT2D eigenvalue weighted by Crippen LogP contribution is 2.00. The molecule has 0 aromatic carbocycles. The SMILES string of the molecule is C=CCCC(=O)N[C@@H](CO)CCCC. The summed E-state index contributed by atoms with van der Waals surface area (Å²) >= 11 is 0. The largest absolute Gasteiger partial charge is 0.394 e. The highest BCUT2D eigenvalue weighted by Gasteiger charge is 2.09. The predicted octanol–water partition coefficient (Wildman–Crippen LogP) is 1.62. The summed E-state index contributed by atoms with van der Waals surface area (Å²) in [5.74, 6) is 0.0000491. The summed E-state index contributed by atoms with van der Waals surface area (Å²) in [6.07, 6.45) is 5.85. The van der Waals surface area contributed by atoms with Gasteiger partial charge in [0.25, 0.3) is 0 Å². The molecule has 0 aromatic rings. The molecule has 0 aromatic heterocycles. The van der Waals surface area contributed by atoms with Crippen LogP contribution in [0.15, 0.2) is 12.7 Å². The van der Waals surface area contributed by atoms with Crippen LogP contribution in [0.2, 0.25) is 0 Å². The first-order valence-electron chi connectivity index (χ1n) is 5.25. The van der Waals surface area contributed by atoms with Gasteiger partial charge in [0, 0.05) is 6.42 Å². The number of rotatable bonds is 8. The second-order valence-corrected chi connectivity index (χ2v) is 3.42. The van der Waals surface area contributed by atoms with E-state index < -0.39 is 0 Å². The molecule has 0 rings (SSSR count). The topological polar surface area (TPSA) is 49.3 Å². The van der Waals surface area contributed by atoms with Crippen LogP contribution in [0.3, 0.4) is 0 Å². The highest BCUT2D eigenvalue weighted by molar-refractivity contribution is 5.76. The number of aliphatic hydroxyl groups excluding tert-OH is 1. The second-order valence-electron chi connectivity index (χ2n) is 3.42. The first-order chi connectivity index (χ1) is 6.74. The quantitative estimate of drug-likeness (QED) is 0.584. The average molecular weight is 199 g/mol. The van der Waals surface area contributed by atoms with Gasteiger partial charge in [0.05, 0.1) is 12.6 Å². The number of carbonyl (C=O) groups excluding carboxylic acids is 1. The fourth-order valence-electron chi connectivity index (χ4n) is 1.19. The monoisotopic (exact) mass is 199 g/mol. The van der Waals surface area contributed by atoms with Crippen LogP contribution < -0.4 is 5.32 Å². The summed E-state index contributed by atoms with van der Waals surface area (Å²) in [4.78, 5) is 11.3. The maximum Gasteiger partial charge on any atom is 0.220 e. The van der Waals surface area contributed by atoms with E-state index in [1.54, 1.807) is 6.08 Å². The zero-order valence-corrected chi connectivity index (χ0v) is 8.96. The van der Waals surface area contributed by atoms with Crippen molar-refractivity contribution in [3.05, 3.63) is 12.7 Å². The number of allylic oxidation sites excluding steroid dienone is 1. The number of hydrogen-bond acceptors (Lipinski definition) is 2. The number of unbranched alkanes of at least 4 members (excludes halogenated alkanes) is 1. The van der Waals surface area contributed by atoms with Crippen molar-refractivity contribution in [2.45, 2.75) is 45.1 Å². The molecule has 0 spiro atoms. The van der Waals surface area contributed by atoms with Gasteiger partial charge in [-0.25, -0.2) is 0 Å². The summed E-state index contributed by atoms with van der Waals surface area (Å²) in [7, 11) is 0. The Labute approximate surface area is 86.2 Å². The van der Waals surface area contributed by atoms with E-state index in [4.69, 9.17) is 5.11 Å². The molecule has 0 heterocycles. The van der Waals surface area contributed by atoms with Gasteiger partial charge in [0.2, 0.25) is 5.91 Å². The summed E-state index contributed by atoms with van der Waals surface area (Å²) in [6, 6.07) is -0.0766. The van der Waals surface area contributed by atoms with E-state index in [0.29, 0.717) is 12.8 Å². The molecule has 0 saturated heterocycles. The van der Waals surface area contributed by atoms with Crippen molar-refractivity contribution in [2.24, 2.45) is 0 Å². The number of hydrogen-bond donors (Lipinski definition) is 2. The summed E-state index contributed by atoms with van der Waals surface area (Å²) in [5, 5.41) is 11.8. The lowest BCUT2D eigenvalue weighted by atomic mass is 10.1. The Morgan fingerprint density at radius 1 is 1.64 bits per heavy atom. The summed E-state index contributed by atoms with van der Waals surface area (Å²) < 4.78 is 0. The smallest absolute Gasteiger partial charge is 0.220 e. The van der Waals surface area contributed by atoms with E-state index in [-0.39, 0.29) is 18.6 Å². The molecule has 82 valence electrons. The first kappa shape index (κ1) is 13.2. The van der Waals surface area contributed by atoms with Crippen molar-refractivity contribution in [1.29, 1.82) is 0 Å². The minimum absolute atomic E-state index is 0.0000491. The lowest BCUT2D eigenvalue weighted by Gasteiger charge is -2.15. The minimum Gasteiger partial charge on any atom is -0.394 e. The molecule has 0 saturated carbocycles. The third-order valence-electron chi connectivity index (χ3n) is 2.07. The van der Waals surface area contributed by atoms with E-state index >= 15 is 0 Å². The standard InChI is InChI=1S/C11H21NO2/c1-3-5-7-10(9-13)12-11(14)8-6-4-2/h4,10,13H,2-3,5-9H2,1H3,(H,12,14)/t10-/m1/s1. The van der Waals surface area contributed by atoms with Crippen molar-refractivity contribution in [3.8, 4) is 0 Å². The molecular weight excluding hydrogens is 178 g/mol. The third kappa shape index (κ3) is 6.66. The van der Waals surface area contributed by atoms with Crippen LogP contribution in [-0.2, 0) is 4.79 Å². The molecule has 3 heteroatoms. The Hall–Kier alpha value is -0.830. The van der Waals surface area contributed by atoms with Crippen molar-refractivity contribution < 1.29 is 9.90 Å². The normalized spacial score (nSPS) is 12.1. The lowest BCUT2D eigenvalue weighted by Crippen LogP contribution is -2.37. The Balaban J connectivity index is 3.67. The van der Waals surface area contributed by atoms with Gasteiger partial charge in [-0.3, -0.25) is 4.79 Å². The molecule has 2 N–H and O–H groups in total. The van der Waals surface area contributed by atoms with E-state index in [2.05, 4.69) is 18.8 Å². The molecule has 0 unspecified atom stereocenters. The Kier molecular flexibility index (Phi) is 8.24. The van der Waals surface area contributed by atoms with Gasteiger partial charge in [0.15, 0.2) is 0 Å². The molecule has 0 bridgehead atoms.